The van der Waals surface area contributed by atoms with Gasteiger partial charge in [-0.3, -0.25) is 9.69 Å². The monoisotopic (exact) mass is 392 g/mol. The van der Waals surface area contributed by atoms with Crippen LogP contribution in [-0.2, 0) is 14.9 Å². The number of amides is 2. The Bertz CT molecular complexity index is 752. The summed E-state index contributed by atoms with van der Waals surface area (Å²) < 4.78 is 5.44. The maximum atomic E-state index is 12.8. The molecule has 0 radical (unpaired) electrons. The van der Waals surface area contributed by atoms with Gasteiger partial charge in [-0.1, -0.05) is 32.1 Å². The summed E-state index contributed by atoms with van der Waals surface area (Å²) in [6.07, 6.45) is 1.81. The molecule has 1 atom stereocenters. The van der Waals surface area contributed by atoms with Crippen LogP contribution in [0.4, 0.5) is 9.93 Å². The largest absolute Gasteiger partial charge is 0.444 e. The number of hydrogen-bond acceptors (Lipinski definition) is 6. The predicted octanol–water partition coefficient (Wildman–Crippen LogP) is 4.04. The number of ether oxygens (including phenoxy) is 1. The standard InChI is InChI=1S/C19H28N4O3S/c1-18(2,3)14-13(11-20)27-16(21-14)22-15(24)12-9-7-8-10-23(12)17(25)26-19(4,5)6/h12H,7-10H2,1-6H3,(H,21,22,24)/t12-/m0/s1. The number of likely N-dealkylation sites (tertiary alicyclic amines) is 1. The molecular formula is C19H28N4O3S. The fraction of sp³-hybridized carbons (Fsp3) is 0.684. The zero-order chi connectivity index (χ0) is 20.4. The molecule has 8 heteroatoms. The molecule has 1 aromatic rings. The molecule has 148 valence electrons. The normalized spacial score (nSPS) is 18.0. The van der Waals surface area contributed by atoms with E-state index in [1.54, 1.807) is 20.8 Å². The van der Waals surface area contributed by atoms with Crippen molar-refractivity contribution in [1.82, 2.24) is 9.88 Å². The fourth-order valence-electron chi connectivity index (χ4n) is 2.89. The number of piperidine rings is 1. The van der Waals surface area contributed by atoms with E-state index in [0.29, 0.717) is 28.7 Å². The average Bonchev–Trinajstić information content (AvgIpc) is 2.96. The zero-order valence-corrected chi connectivity index (χ0v) is 17.7. The van der Waals surface area contributed by atoms with Crippen LogP contribution in [0.3, 0.4) is 0 Å². The molecule has 2 heterocycles. The third kappa shape index (κ3) is 5.42. The summed E-state index contributed by atoms with van der Waals surface area (Å²) >= 11 is 1.16. The molecule has 1 N–H and O–H groups in total. The Hall–Kier alpha value is -2.14. The minimum atomic E-state index is -0.617. The molecule has 7 nitrogen and oxygen atoms in total. The number of hydrogen-bond donors (Lipinski definition) is 1. The van der Waals surface area contributed by atoms with E-state index in [1.807, 2.05) is 20.8 Å². The van der Waals surface area contributed by atoms with E-state index in [-0.39, 0.29) is 11.3 Å². The van der Waals surface area contributed by atoms with Gasteiger partial charge in [-0.15, -0.1) is 0 Å². The highest BCUT2D eigenvalue weighted by Gasteiger charge is 2.35. The van der Waals surface area contributed by atoms with Crippen molar-refractivity contribution in [3.05, 3.63) is 10.6 Å². The maximum absolute atomic E-state index is 12.8. The number of aromatic nitrogens is 1. The second kappa shape index (κ2) is 7.85. The van der Waals surface area contributed by atoms with Crippen LogP contribution in [0.2, 0.25) is 0 Å². The van der Waals surface area contributed by atoms with Crippen LogP contribution in [0.25, 0.3) is 0 Å². The molecule has 1 aromatic heterocycles. The average molecular weight is 393 g/mol. The van der Waals surface area contributed by atoms with Crippen molar-refractivity contribution in [2.45, 2.75) is 77.9 Å². The van der Waals surface area contributed by atoms with Gasteiger partial charge in [0.15, 0.2) is 5.13 Å². The Balaban J connectivity index is 2.17. The molecule has 2 amide bonds. The first-order valence-electron chi connectivity index (χ1n) is 9.14. The molecule has 1 fully saturated rings. The molecule has 2 rings (SSSR count). The van der Waals surface area contributed by atoms with Gasteiger partial charge in [-0.25, -0.2) is 9.78 Å². The summed E-state index contributed by atoms with van der Waals surface area (Å²) in [6, 6.07) is 1.55. The summed E-state index contributed by atoms with van der Waals surface area (Å²) in [5.41, 5.74) is -0.246. The molecule has 27 heavy (non-hydrogen) atoms. The fourth-order valence-corrected chi connectivity index (χ4v) is 3.87. The van der Waals surface area contributed by atoms with E-state index in [0.717, 1.165) is 24.2 Å². The van der Waals surface area contributed by atoms with Gasteiger partial charge in [0.05, 0.1) is 5.69 Å². The van der Waals surface area contributed by atoms with E-state index < -0.39 is 17.7 Å². The summed E-state index contributed by atoms with van der Waals surface area (Å²) in [7, 11) is 0. The third-order valence-corrected chi connectivity index (χ3v) is 4.98. The van der Waals surface area contributed by atoms with Crippen molar-refractivity contribution < 1.29 is 14.3 Å². The highest BCUT2D eigenvalue weighted by Crippen LogP contribution is 2.32. The van der Waals surface area contributed by atoms with Gasteiger partial charge in [0.25, 0.3) is 0 Å². The van der Waals surface area contributed by atoms with Crippen LogP contribution in [0.15, 0.2) is 0 Å². The molecule has 0 aromatic carbocycles. The lowest BCUT2D eigenvalue weighted by Gasteiger charge is -2.35. The van der Waals surface area contributed by atoms with Crippen molar-refractivity contribution in [1.29, 1.82) is 5.26 Å². The summed E-state index contributed by atoms with van der Waals surface area (Å²) in [4.78, 5) is 31.7. The van der Waals surface area contributed by atoms with Gasteiger partial charge in [0.2, 0.25) is 5.91 Å². The Labute approximate surface area is 164 Å². The number of anilines is 1. The first-order chi connectivity index (χ1) is 12.4. The topological polar surface area (TPSA) is 95.3 Å². The number of nitrogens with zero attached hydrogens (tertiary/aromatic N) is 3. The van der Waals surface area contributed by atoms with Crippen LogP contribution in [-0.4, -0.2) is 40.1 Å². The molecular weight excluding hydrogens is 364 g/mol. The Kier molecular flexibility index (Phi) is 6.15. The van der Waals surface area contributed by atoms with Crippen molar-refractivity contribution in [2.75, 3.05) is 11.9 Å². The first kappa shape index (κ1) is 21.2. The number of nitrogens with one attached hydrogen (secondary N) is 1. The van der Waals surface area contributed by atoms with Gasteiger partial charge in [0.1, 0.15) is 22.6 Å². The summed E-state index contributed by atoms with van der Waals surface area (Å²) in [6.45, 7) is 11.8. The van der Waals surface area contributed by atoms with Crippen molar-refractivity contribution >= 4 is 28.5 Å². The Morgan fingerprint density at radius 3 is 2.44 bits per heavy atom. The Morgan fingerprint density at radius 2 is 1.93 bits per heavy atom. The molecule has 1 aliphatic heterocycles. The van der Waals surface area contributed by atoms with E-state index in [2.05, 4.69) is 16.4 Å². The number of carbonyl (C=O) groups is 2. The van der Waals surface area contributed by atoms with E-state index >= 15 is 0 Å². The van der Waals surface area contributed by atoms with Crippen LogP contribution < -0.4 is 5.32 Å². The lowest BCUT2D eigenvalue weighted by atomic mass is 9.91. The predicted molar refractivity (Wildman–Crippen MR) is 105 cm³/mol. The summed E-state index contributed by atoms with van der Waals surface area (Å²) in [5.74, 6) is -0.292. The number of carbonyl (C=O) groups excluding carboxylic acids is 2. The van der Waals surface area contributed by atoms with E-state index in [4.69, 9.17) is 4.74 Å². The minimum Gasteiger partial charge on any atom is -0.444 e. The SMILES string of the molecule is CC(C)(C)OC(=O)N1CCCC[C@H]1C(=O)Nc1nc(C(C)(C)C)c(C#N)s1. The van der Waals surface area contributed by atoms with Crippen LogP contribution in [0.5, 0.6) is 0 Å². The van der Waals surface area contributed by atoms with Gasteiger partial charge < -0.3 is 10.1 Å². The van der Waals surface area contributed by atoms with Gasteiger partial charge in [-0.2, -0.15) is 5.26 Å². The second-order valence-corrected chi connectivity index (χ2v) is 9.73. The lowest BCUT2D eigenvalue weighted by Crippen LogP contribution is -2.51. The number of nitriles is 1. The first-order valence-corrected chi connectivity index (χ1v) is 9.96. The van der Waals surface area contributed by atoms with Crippen LogP contribution in [0.1, 0.15) is 71.4 Å². The molecule has 0 bridgehead atoms. The quantitative estimate of drug-likeness (QED) is 0.819. The van der Waals surface area contributed by atoms with Crippen molar-refractivity contribution in [3.63, 3.8) is 0 Å². The molecule has 0 unspecified atom stereocenters. The molecule has 0 saturated carbocycles. The number of rotatable bonds is 2. The molecule has 1 saturated heterocycles. The van der Waals surface area contributed by atoms with Crippen LogP contribution in [0, 0.1) is 11.3 Å². The van der Waals surface area contributed by atoms with Crippen molar-refractivity contribution in [3.8, 4) is 6.07 Å². The maximum Gasteiger partial charge on any atom is 0.410 e. The smallest absolute Gasteiger partial charge is 0.410 e. The molecule has 0 aliphatic carbocycles. The third-order valence-electron chi connectivity index (χ3n) is 4.10. The van der Waals surface area contributed by atoms with Gasteiger partial charge >= 0.3 is 6.09 Å². The van der Waals surface area contributed by atoms with Crippen LogP contribution >= 0.6 is 11.3 Å². The zero-order valence-electron chi connectivity index (χ0n) is 16.9. The Morgan fingerprint density at radius 1 is 1.26 bits per heavy atom. The van der Waals surface area contributed by atoms with Gasteiger partial charge in [-0.05, 0) is 40.0 Å². The summed E-state index contributed by atoms with van der Waals surface area (Å²) in [5, 5.41) is 12.5. The van der Waals surface area contributed by atoms with E-state index in [9.17, 15) is 14.9 Å². The van der Waals surface area contributed by atoms with Crippen molar-refractivity contribution in [2.24, 2.45) is 0 Å². The number of thiazole rings is 1. The highest BCUT2D eigenvalue weighted by molar-refractivity contribution is 7.16. The molecule has 0 spiro atoms. The highest BCUT2D eigenvalue weighted by atomic mass is 32.1. The lowest BCUT2D eigenvalue weighted by molar-refractivity contribution is -0.122. The molecule has 1 aliphatic rings. The second-order valence-electron chi connectivity index (χ2n) is 8.73. The minimum absolute atomic E-state index is 0.292. The van der Waals surface area contributed by atoms with E-state index in [1.165, 1.54) is 4.90 Å². The van der Waals surface area contributed by atoms with Gasteiger partial charge in [0, 0.05) is 12.0 Å².